The smallest absolute Gasteiger partial charge is 0.330 e. The van der Waals surface area contributed by atoms with E-state index in [2.05, 4.69) is 10.3 Å². The van der Waals surface area contributed by atoms with E-state index in [1.165, 1.54) is 6.07 Å². The molecule has 1 heterocycles. The molecule has 4 rings (SSSR count). The molecule has 0 saturated heterocycles. The molecule has 0 unspecified atom stereocenters. The van der Waals surface area contributed by atoms with E-state index in [4.69, 9.17) is 14.3 Å². The largest absolute Gasteiger partial charge is 0.493 e. The average molecular weight is 529 g/mol. The number of aromatic nitrogens is 1. The van der Waals surface area contributed by atoms with Crippen LogP contribution in [-0.2, 0) is 22.4 Å². The molecule has 1 amide bonds. The minimum absolute atomic E-state index is 0.0990. The van der Waals surface area contributed by atoms with Gasteiger partial charge in [-0.15, -0.1) is 0 Å². The van der Waals surface area contributed by atoms with E-state index in [1.807, 2.05) is 37.3 Å². The Morgan fingerprint density at radius 2 is 1.64 bits per heavy atom. The molecular weight excluding hydrogens is 500 g/mol. The van der Waals surface area contributed by atoms with E-state index >= 15 is 0 Å². The second-order valence-electron chi connectivity index (χ2n) is 8.85. The minimum Gasteiger partial charge on any atom is -0.493 e. The Kier molecular flexibility index (Phi) is 8.73. The molecule has 0 aliphatic carbocycles. The van der Waals surface area contributed by atoms with Crippen LogP contribution in [0.25, 0.3) is 11.5 Å². The molecule has 0 saturated carbocycles. The Hall–Kier alpha value is -4.92. The molecule has 9 nitrogen and oxygen atoms in total. The van der Waals surface area contributed by atoms with Crippen molar-refractivity contribution in [2.24, 2.45) is 0 Å². The summed E-state index contributed by atoms with van der Waals surface area (Å²) in [4.78, 5) is 40.8. The second kappa shape index (κ2) is 12.6. The first-order valence-electron chi connectivity index (χ1n) is 12.4. The van der Waals surface area contributed by atoms with Crippen LogP contribution < -0.4 is 10.1 Å². The van der Waals surface area contributed by atoms with Crippen molar-refractivity contribution in [1.29, 1.82) is 0 Å². The van der Waals surface area contributed by atoms with Crippen molar-refractivity contribution in [3.05, 3.63) is 107 Å². The number of carboxylic acid groups (broad SMARTS) is 2. The third-order valence-corrected chi connectivity index (χ3v) is 6.11. The summed E-state index contributed by atoms with van der Waals surface area (Å²) in [6.45, 7) is 2.08. The molecule has 3 N–H and O–H groups in total. The van der Waals surface area contributed by atoms with E-state index in [0.29, 0.717) is 34.9 Å². The standard InChI is InChI=1S/C30H28N2O7/c1-19-25(31-29(39-19)22-10-6-3-7-11-22)16-17-38-23-14-12-20(13-15-26(33)34)24(18-23)28(35)32-27(30(36)37)21-8-4-2-5-9-21/h2-12,14,18,27H,13,15-17H2,1H3,(H,32,35)(H,33,34)(H,36,37)/t27-/m0/s1. The number of oxazole rings is 1. The molecule has 0 aliphatic rings. The van der Waals surface area contributed by atoms with Gasteiger partial charge in [0, 0.05) is 24.0 Å². The van der Waals surface area contributed by atoms with Crippen LogP contribution in [0.15, 0.2) is 83.3 Å². The lowest BCUT2D eigenvalue weighted by molar-refractivity contribution is -0.139. The monoisotopic (exact) mass is 528 g/mol. The Morgan fingerprint density at radius 3 is 2.31 bits per heavy atom. The first-order chi connectivity index (χ1) is 18.8. The number of aliphatic carboxylic acids is 2. The zero-order valence-corrected chi connectivity index (χ0v) is 21.3. The molecule has 9 heteroatoms. The highest BCUT2D eigenvalue weighted by atomic mass is 16.5. The number of carboxylic acids is 2. The Bertz CT molecular complexity index is 1450. The van der Waals surface area contributed by atoms with Gasteiger partial charge in [0.05, 0.1) is 12.3 Å². The third-order valence-electron chi connectivity index (χ3n) is 6.11. The topological polar surface area (TPSA) is 139 Å². The van der Waals surface area contributed by atoms with Gasteiger partial charge in [0.2, 0.25) is 5.89 Å². The van der Waals surface area contributed by atoms with Crippen LogP contribution in [0.2, 0.25) is 0 Å². The first kappa shape index (κ1) is 27.1. The number of ether oxygens (including phenoxy) is 1. The SMILES string of the molecule is Cc1oc(-c2ccccc2)nc1CCOc1ccc(CCC(=O)O)c(C(=O)N[C@H](C(=O)O)c2ccccc2)c1. The fourth-order valence-corrected chi connectivity index (χ4v) is 4.09. The lowest BCUT2D eigenvalue weighted by atomic mass is 10.0. The number of hydrogen-bond acceptors (Lipinski definition) is 6. The van der Waals surface area contributed by atoms with E-state index < -0.39 is 23.9 Å². The van der Waals surface area contributed by atoms with Gasteiger partial charge in [-0.25, -0.2) is 9.78 Å². The van der Waals surface area contributed by atoms with Crippen LogP contribution in [0.4, 0.5) is 0 Å². The van der Waals surface area contributed by atoms with Crippen LogP contribution >= 0.6 is 0 Å². The summed E-state index contributed by atoms with van der Waals surface area (Å²) >= 11 is 0. The van der Waals surface area contributed by atoms with Gasteiger partial charge < -0.3 is 24.7 Å². The predicted octanol–water partition coefficient (Wildman–Crippen LogP) is 4.84. The van der Waals surface area contributed by atoms with E-state index in [-0.39, 0.29) is 25.0 Å². The van der Waals surface area contributed by atoms with Crippen LogP contribution in [-0.4, -0.2) is 39.6 Å². The predicted molar refractivity (Wildman–Crippen MR) is 143 cm³/mol. The molecule has 0 spiro atoms. The third kappa shape index (κ3) is 7.10. The van der Waals surface area contributed by atoms with Crippen molar-refractivity contribution in [1.82, 2.24) is 10.3 Å². The van der Waals surface area contributed by atoms with Gasteiger partial charge >= 0.3 is 11.9 Å². The average Bonchev–Trinajstić information content (AvgIpc) is 3.31. The maximum absolute atomic E-state index is 13.2. The van der Waals surface area contributed by atoms with Gasteiger partial charge in [-0.05, 0) is 48.7 Å². The number of nitrogens with one attached hydrogen (secondary N) is 1. The highest BCUT2D eigenvalue weighted by Crippen LogP contribution is 2.24. The number of carbonyl (C=O) groups is 3. The lowest BCUT2D eigenvalue weighted by Crippen LogP contribution is -2.34. The molecule has 1 aromatic heterocycles. The Balaban J connectivity index is 1.49. The van der Waals surface area contributed by atoms with Gasteiger partial charge in [0.15, 0.2) is 6.04 Å². The molecule has 4 aromatic rings. The van der Waals surface area contributed by atoms with Crippen molar-refractivity contribution in [3.8, 4) is 17.2 Å². The molecular formula is C30H28N2O7. The summed E-state index contributed by atoms with van der Waals surface area (Å²) in [5, 5.41) is 21.4. The summed E-state index contributed by atoms with van der Waals surface area (Å²) in [6.07, 6.45) is 0.373. The summed E-state index contributed by atoms with van der Waals surface area (Å²) < 4.78 is 11.7. The van der Waals surface area contributed by atoms with E-state index in [0.717, 1.165) is 11.3 Å². The molecule has 200 valence electrons. The summed E-state index contributed by atoms with van der Waals surface area (Å²) in [7, 11) is 0. The summed E-state index contributed by atoms with van der Waals surface area (Å²) in [5.41, 5.74) is 2.66. The lowest BCUT2D eigenvalue weighted by Gasteiger charge is -2.17. The van der Waals surface area contributed by atoms with Crippen LogP contribution in [0.3, 0.4) is 0 Å². The van der Waals surface area contributed by atoms with Gasteiger partial charge in [-0.3, -0.25) is 9.59 Å². The minimum atomic E-state index is -1.27. The van der Waals surface area contributed by atoms with Crippen LogP contribution in [0.5, 0.6) is 5.75 Å². The van der Waals surface area contributed by atoms with E-state index in [1.54, 1.807) is 42.5 Å². The van der Waals surface area contributed by atoms with Gasteiger partial charge in [0.25, 0.3) is 5.91 Å². The van der Waals surface area contributed by atoms with Gasteiger partial charge in [-0.2, -0.15) is 0 Å². The first-order valence-corrected chi connectivity index (χ1v) is 12.4. The number of aryl methyl sites for hydroxylation is 2. The van der Waals surface area contributed by atoms with Crippen LogP contribution in [0, 0.1) is 6.92 Å². The fourth-order valence-electron chi connectivity index (χ4n) is 4.09. The quantitative estimate of drug-likeness (QED) is 0.237. The summed E-state index contributed by atoms with van der Waals surface area (Å²) in [6, 6.07) is 21.4. The van der Waals surface area contributed by atoms with E-state index in [9.17, 15) is 19.5 Å². The van der Waals surface area contributed by atoms with Crippen molar-refractivity contribution in [2.45, 2.75) is 32.2 Å². The number of hydrogen-bond donors (Lipinski definition) is 3. The second-order valence-corrected chi connectivity index (χ2v) is 8.85. The van der Waals surface area contributed by atoms with Crippen molar-refractivity contribution in [2.75, 3.05) is 6.61 Å². The molecule has 0 aliphatic heterocycles. The van der Waals surface area contributed by atoms with Gasteiger partial charge in [0.1, 0.15) is 11.5 Å². The fraction of sp³-hybridized carbons (Fsp3) is 0.200. The molecule has 3 aromatic carbocycles. The zero-order chi connectivity index (χ0) is 27.8. The maximum atomic E-state index is 13.2. The molecule has 0 radical (unpaired) electrons. The Morgan fingerprint density at radius 1 is 0.949 bits per heavy atom. The normalized spacial score (nSPS) is 11.5. The number of carbonyl (C=O) groups excluding carboxylic acids is 1. The highest BCUT2D eigenvalue weighted by Gasteiger charge is 2.24. The molecule has 1 atom stereocenters. The van der Waals surface area contributed by atoms with Gasteiger partial charge in [-0.1, -0.05) is 54.6 Å². The number of rotatable bonds is 12. The molecule has 39 heavy (non-hydrogen) atoms. The van der Waals surface area contributed by atoms with Crippen molar-refractivity contribution < 1.29 is 33.8 Å². The zero-order valence-electron chi connectivity index (χ0n) is 21.3. The molecule has 0 bridgehead atoms. The number of amides is 1. The van der Waals surface area contributed by atoms with Crippen molar-refractivity contribution in [3.63, 3.8) is 0 Å². The van der Waals surface area contributed by atoms with Crippen molar-refractivity contribution >= 4 is 17.8 Å². The molecule has 0 fully saturated rings. The summed E-state index contributed by atoms with van der Waals surface area (Å²) in [5.74, 6) is -1.27. The van der Waals surface area contributed by atoms with Crippen LogP contribution in [0.1, 0.15) is 45.4 Å². The number of benzene rings is 3. The number of nitrogens with zero attached hydrogens (tertiary/aromatic N) is 1. The maximum Gasteiger partial charge on any atom is 0.330 e. The highest BCUT2D eigenvalue weighted by molar-refractivity contribution is 5.98. The Labute approximate surface area is 225 Å².